The fraction of sp³-hybridized carbons (Fsp3) is 0.222. The van der Waals surface area contributed by atoms with Gasteiger partial charge in [-0.1, -0.05) is 30.3 Å². The van der Waals surface area contributed by atoms with E-state index >= 15 is 0 Å². The van der Waals surface area contributed by atoms with E-state index in [-0.39, 0.29) is 17.9 Å². The number of para-hydroxylation sites is 2. The first-order chi connectivity index (χ1) is 11.2. The van der Waals surface area contributed by atoms with Crippen LogP contribution in [-0.4, -0.2) is 31.5 Å². The van der Waals surface area contributed by atoms with Gasteiger partial charge >= 0.3 is 0 Å². The van der Waals surface area contributed by atoms with Gasteiger partial charge in [0.05, 0.1) is 18.7 Å². The molecule has 0 radical (unpaired) electrons. The third-order valence-electron chi connectivity index (χ3n) is 3.88. The molecule has 0 saturated carbocycles. The molecule has 1 atom stereocenters. The summed E-state index contributed by atoms with van der Waals surface area (Å²) in [6.45, 7) is 0.476. The van der Waals surface area contributed by atoms with Crippen LogP contribution in [0.15, 0.2) is 54.6 Å². The zero-order valence-electron chi connectivity index (χ0n) is 12.9. The Hall–Kier alpha value is -2.82. The molecule has 1 fully saturated rings. The van der Waals surface area contributed by atoms with Crippen LogP contribution in [0.3, 0.4) is 0 Å². The number of carbonyl (C=O) groups is 2. The molecule has 1 saturated heterocycles. The summed E-state index contributed by atoms with van der Waals surface area (Å²) in [5.41, 5.74) is 1.33. The van der Waals surface area contributed by atoms with Gasteiger partial charge in [0.1, 0.15) is 5.75 Å². The van der Waals surface area contributed by atoms with Crippen LogP contribution in [0.2, 0.25) is 0 Å². The first kappa shape index (κ1) is 15.1. The quantitative estimate of drug-likeness (QED) is 0.942. The summed E-state index contributed by atoms with van der Waals surface area (Å²) < 4.78 is 5.20. The van der Waals surface area contributed by atoms with Gasteiger partial charge in [-0.15, -0.1) is 0 Å². The molecule has 2 amide bonds. The van der Waals surface area contributed by atoms with Gasteiger partial charge in [-0.2, -0.15) is 0 Å². The predicted molar refractivity (Wildman–Crippen MR) is 87.7 cm³/mol. The van der Waals surface area contributed by atoms with Gasteiger partial charge in [0.25, 0.3) is 5.91 Å². The number of ether oxygens (including phenoxy) is 1. The summed E-state index contributed by atoms with van der Waals surface area (Å²) in [4.78, 5) is 26.3. The molecule has 1 heterocycles. The number of carbonyl (C=O) groups excluding carboxylic acids is 2. The molecule has 2 aromatic rings. The van der Waals surface area contributed by atoms with E-state index in [0.717, 1.165) is 5.69 Å². The SMILES string of the molecule is COc1ccccc1C(=O)NC1CC(=O)N(c2ccccc2)C1. The van der Waals surface area contributed by atoms with E-state index in [4.69, 9.17) is 4.74 Å². The molecular weight excluding hydrogens is 292 g/mol. The summed E-state index contributed by atoms with van der Waals surface area (Å²) in [7, 11) is 1.53. The second kappa shape index (κ2) is 6.52. The fourth-order valence-electron chi connectivity index (χ4n) is 2.76. The van der Waals surface area contributed by atoms with Crippen molar-refractivity contribution in [3.05, 3.63) is 60.2 Å². The van der Waals surface area contributed by atoms with Crippen molar-refractivity contribution in [3.63, 3.8) is 0 Å². The molecule has 1 aliphatic heterocycles. The zero-order valence-corrected chi connectivity index (χ0v) is 12.9. The number of amides is 2. The van der Waals surface area contributed by atoms with Crippen LogP contribution in [-0.2, 0) is 4.79 Å². The van der Waals surface area contributed by atoms with Gasteiger partial charge in [0.2, 0.25) is 5.91 Å². The van der Waals surface area contributed by atoms with E-state index in [2.05, 4.69) is 5.32 Å². The largest absolute Gasteiger partial charge is 0.496 e. The minimum absolute atomic E-state index is 0.0153. The standard InChI is InChI=1S/C18H18N2O3/c1-23-16-10-6-5-9-15(16)18(22)19-13-11-17(21)20(12-13)14-7-3-2-4-8-14/h2-10,13H,11-12H2,1H3,(H,19,22). The van der Waals surface area contributed by atoms with Crippen LogP contribution < -0.4 is 15.0 Å². The maximum atomic E-state index is 12.4. The highest BCUT2D eigenvalue weighted by molar-refractivity contribution is 6.00. The van der Waals surface area contributed by atoms with Gasteiger partial charge in [-0.05, 0) is 24.3 Å². The topological polar surface area (TPSA) is 58.6 Å². The van der Waals surface area contributed by atoms with Crippen molar-refractivity contribution in [3.8, 4) is 5.75 Å². The molecule has 0 spiro atoms. The average molecular weight is 310 g/mol. The molecule has 0 aromatic heterocycles. The molecule has 118 valence electrons. The third kappa shape index (κ3) is 3.18. The molecule has 3 rings (SSSR count). The number of nitrogens with zero attached hydrogens (tertiary/aromatic N) is 1. The maximum Gasteiger partial charge on any atom is 0.255 e. The van der Waals surface area contributed by atoms with Gasteiger partial charge < -0.3 is 15.0 Å². The number of benzene rings is 2. The Morgan fingerprint density at radius 2 is 1.83 bits per heavy atom. The van der Waals surface area contributed by atoms with E-state index in [1.807, 2.05) is 36.4 Å². The Bertz CT molecular complexity index is 715. The van der Waals surface area contributed by atoms with Crippen molar-refractivity contribution in [2.45, 2.75) is 12.5 Å². The van der Waals surface area contributed by atoms with Crippen LogP contribution in [0.25, 0.3) is 0 Å². The summed E-state index contributed by atoms with van der Waals surface area (Å²) >= 11 is 0. The number of rotatable bonds is 4. The van der Waals surface area contributed by atoms with Crippen LogP contribution in [0.5, 0.6) is 5.75 Å². The van der Waals surface area contributed by atoms with Gasteiger partial charge in [0.15, 0.2) is 0 Å². The highest BCUT2D eigenvalue weighted by Gasteiger charge is 2.32. The van der Waals surface area contributed by atoms with Crippen LogP contribution in [0.4, 0.5) is 5.69 Å². The first-order valence-electron chi connectivity index (χ1n) is 7.48. The van der Waals surface area contributed by atoms with Crippen molar-refractivity contribution < 1.29 is 14.3 Å². The Morgan fingerprint density at radius 1 is 1.13 bits per heavy atom. The molecule has 5 heteroatoms. The van der Waals surface area contributed by atoms with Gasteiger partial charge in [-0.25, -0.2) is 0 Å². The van der Waals surface area contributed by atoms with Crippen LogP contribution in [0, 0.1) is 0 Å². The molecular formula is C18H18N2O3. The minimum Gasteiger partial charge on any atom is -0.496 e. The molecule has 1 aliphatic rings. The lowest BCUT2D eigenvalue weighted by atomic mass is 10.1. The van der Waals surface area contributed by atoms with Crippen molar-refractivity contribution in [1.29, 1.82) is 0 Å². The lowest BCUT2D eigenvalue weighted by Gasteiger charge is -2.17. The molecule has 0 aliphatic carbocycles. The second-order valence-electron chi connectivity index (χ2n) is 5.41. The third-order valence-corrected chi connectivity index (χ3v) is 3.88. The second-order valence-corrected chi connectivity index (χ2v) is 5.41. The summed E-state index contributed by atoms with van der Waals surface area (Å²) in [6, 6.07) is 16.3. The lowest BCUT2D eigenvalue weighted by molar-refractivity contribution is -0.117. The molecule has 1 N–H and O–H groups in total. The van der Waals surface area contributed by atoms with E-state index in [1.165, 1.54) is 7.11 Å². The number of hydrogen-bond donors (Lipinski definition) is 1. The van der Waals surface area contributed by atoms with Gasteiger partial charge in [-0.3, -0.25) is 9.59 Å². The molecule has 0 bridgehead atoms. The summed E-state index contributed by atoms with van der Waals surface area (Å²) in [6.07, 6.45) is 0.301. The Morgan fingerprint density at radius 3 is 2.57 bits per heavy atom. The Kier molecular flexibility index (Phi) is 4.28. The highest BCUT2D eigenvalue weighted by atomic mass is 16.5. The molecule has 23 heavy (non-hydrogen) atoms. The molecule has 2 aromatic carbocycles. The van der Waals surface area contributed by atoms with Crippen molar-refractivity contribution in [2.24, 2.45) is 0 Å². The fourth-order valence-corrected chi connectivity index (χ4v) is 2.76. The van der Waals surface area contributed by atoms with Crippen LogP contribution in [0.1, 0.15) is 16.8 Å². The molecule has 1 unspecified atom stereocenters. The Balaban J connectivity index is 1.70. The number of hydrogen-bond acceptors (Lipinski definition) is 3. The maximum absolute atomic E-state index is 12.4. The highest BCUT2D eigenvalue weighted by Crippen LogP contribution is 2.22. The monoisotopic (exact) mass is 310 g/mol. The van der Waals surface area contributed by atoms with Crippen molar-refractivity contribution in [2.75, 3.05) is 18.6 Å². The zero-order chi connectivity index (χ0) is 16.2. The smallest absolute Gasteiger partial charge is 0.255 e. The first-order valence-corrected chi connectivity index (χ1v) is 7.48. The van der Waals surface area contributed by atoms with E-state index in [9.17, 15) is 9.59 Å². The van der Waals surface area contributed by atoms with E-state index in [1.54, 1.807) is 23.1 Å². The van der Waals surface area contributed by atoms with E-state index in [0.29, 0.717) is 24.3 Å². The summed E-state index contributed by atoms with van der Waals surface area (Å²) in [5, 5.41) is 2.92. The number of anilines is 1. The van der Waals surface area contributed by atoms with Gasteiger partial charge in [0, 0.05) is 18.7 Å². The average Bonchev–Trinajstić information content (AvgIpc) is 2.95. The Labute approximate surface area is 134 Å². The predicted octanol–water partition coefficient (Wildman–Crippen LogP) is 2.23. The number of nitrogens with one attached hydrogen (secondary N) is 1. The van der Waals surface area contributed by atoms with Crippen LogP contribution >= 0.6 is 0 Å². The molecule has 5 nitrogen and oxygen atoms in total. The van der Waals surface area contributed by atoms with E-state index < -0.39 is 0 Å². The minimum atomic E-state index is -0.227. The lowest BCUT2D eigenvalue weighted by Crippen LogP contribution is -2.37. The van der Waals surface area contributed by atoms with Crippen molar-refractivity contribution in [1.82, 2.24) is 5.32 Å². The van der Waals surface area contributed by atoms with Crippen molar-refractivity contribution >= 4 is 17.5 Å². The number of methoxy groups -OCH3 is 1. The summed E-state index contributed by atoms with van der Waals surface area (Å²) in [5.74, 6) is 0.311. The normalized spacial score (nSPS) is 17.2.